The lowest BCUT2D eigenvalue weighted by atomic mass is 10.1. The summed E-state index contributed by atoms with van der Waals surface area (Å²) in [6, 6.07) is 18.4. The van der Waals surface area contributed by atoms with Gasteiger partial charge < -0.3 is 28.4 Å². The topological polar surface area (TPSA) is 70.4 Å². The molecule has 5 heteroatoms. The van der Waals surface area contributed by atoms with Gasteiger partial charge in [0.15, 0.2) is 6.20 Å². The molecule has 25 heavy (non-hydrogen) atoms. The number of aliphatic hydroxyl groups is 2. The van der Waals surface area contributed by atoms with Gasteiger partial charge in [0.25, 0.3) is 0 Å². The Morgan fingerprint density at radius 1 is 0.920 bits per heavy atom. The summed E-state index contributed by atoms with van der Waals surface area (Å²) in [6.07, 6.45) is 6.35. The summed E-state index contributed by atoms with van der Waals surface area (Å²) < 4.78 is 2.13. The molecule has 0 bridgehead atoms. The van der Waals surface area contributed by atoms with E-state index in [0.29, 0.717) is 0 Å². The molecule has 0 aliphatic rings. The highest BCUT2D eigenvalue weighted by molar-refractivity contribution is 5.88. The second-order valence-electron chi connectivity index (χ2n) is 5.35. The van der Waals surface area contributed by atoms with E-state index in [0.717, 1.165) is 11.3 Å². The molecule has 0 fully saturated rings. The van der Waals surface area contributed by atoms with Crippen molar-refractivity contribution < 1.29 is 27.2 Å². The Bertz CT molecular complexity index is 816. The molecule has 3 rings (SSSR count). The zero-order valence-electron chi connectivity index (χ0n) is 14.1. The number of aromatic nitrogens is 1. The number of aliphatic hydroxyl groups excluding tert-OH is 2. The van der Waals surface area contributed by atoms with E-state index >= 15 is 0 Å². The molecule has 3 aromatic rings. The Morgan fingerprint density at radius 3 is 2.20 bits per heavy atom. The van der Waals surface area contributed by atoms with Crippen molar-refractivity contribution in [2.75, 3.05) is 18.9 Å². The van der Waals surface area contributed by atoms with Crippen LogP contribution in [0.1, 0.15) is 11.1 Å². The van der Waals surface area contributed by atoms with Gasteiger partial charge in [0.2, 0.25) is 5.52 Å². The van der Waals surface area contributed by atoms with Crippen molar-refractivity contribution in [3.63, 3.8) is 0 Å². The highest BCUT2D eigenvalue weighted by atomic mass is 35.5. The van der Waals surface area contributed by atoms with Crippen LogP contribution in [-0.4, -0.2) is 23.4 Å². The fourth-order valence-electron chi connectivity index (χ4n) is 2.33. The minimum absolute atomic E-state index is 0. The average Bonchev–Trinajstić information content (AvgIpc) is 2.63. The van der Waals surface area contributed by atoms with Crippen LogP contribution in [-0.2, 0) is 7.05 Å². The first-order valence-corrected chi connectivity index (χ1v) is 7.78. The Morgan fingerprint density at radius 2 is 1.56 bits per heavy atom. The van der Waals surface area contributed by atoms with Gasteiger partial charge in [-0.2, -0.15) is 0 Å². The molecule has 0 radical (unpaired) electrons. The van der Waals surface area contributed by atoms with Crippen LogP contribution in [0.5, 0.6) is 0 Å². The average molecular weight is 359 g/mol. The van der Waals surface area contributed by atoms with Crippen molar-refractivity contribution in [2.45, 2.75) is 0 Å². The first-order valence-electron chi connectivity index (χ1n) is 7.78. The van der Waals surface area contributed by atoms with Crippen LogP contribution in [0.25, 0.3) is 23.1 Å². The molecule has 1 heterocycles. The molecule has 2 aromatic carbocycles. The Balaban J connectivity index is 0.000000568. The third kappa shape index (κ3) is 5.87. The highest BCUT2D eigenvalue weighted by Crippen LogP contribution is 2.18. The van der Waals surface area contributed by atoms with Gasteiger partial charge in [-0.15, -0.1) is 0 Å². The first-order chi connectivity index (χ1) is 11.7. The Labute approximate surface area is 154 Å². The molecule has 0 spiro atoms. The molecule has 0 aliphatic heterocycles. The monoisotopic (exact) mass is 358 g/mol. The summed E-state index contributed by atoms with van der Waals surface area (Å²) in [5, 5.41) is 16.5. The number of halogens is 1. The van der Waals surface area contributed by atoms with Crippen LogP contribution in [0.4, 0.5) is 5.69 Å². The zero-order valence-corrected chi connectivity index (χ0v) is 14.9. The number of nitrogen functional groups attached to an aromatic ring is 1. The van der Waals surface area contributed by atoms with Crippen molar-refractivity contribution in [2.24, 2.45) is 7.05 Å². The van der Waals surface area contributed by atoms with E-state index in [2.05, 4.69) is 60.3 Å². The third-order valence-corrected chi connectivity index (χ3v) is 3.56. The van der Waals surface area contributed by atoms with Crippen molar-refractivity contribution in [3.8, 4) is 0 Å². The quantitative estimate of drug-likeness (QED) is 0.432. The number of hydrogen-bond acceptors (Lipinski definition) is 3. The molecule has 0 amide bonds. The number of rotatable bonds is 3. The molecular weight excluding hydrogens is 336 g/mol. The largest absolute Gasteiger partial charge is 1.00 e. The maximum absolute atomic E-state index is 7.62. The number of pyridine rings is 1. The minimum Gasteiger partial charge on any atom is -1.00 e. The predicted octanol–water partition coefficient (Wildman–Crippen LogP) is -0.608. The number of fused-ring (bicyclic) bond motifs is 1. The molecule has 4 N–H and O–H groups in total. The van der Waals surface area contributed by atoms with E-state index in [-0.39, 0.29) is 25.6 Å². The summed E-state index contributed by atoms with van der Waals surface area (Å²) in [4.78, 5) is 0. The number of nitrogens with zero attached hydrogens (tertiary/aromatic N) is 1. The molecular formula is C20H23ClN2O2. The number of hydrogen-bond donors (Lipinski definition) is 3. The number of anilines is 1. The predicted molar refractivity (Wildman–Crippen MR) is 99.1 cm³/mol. The lowest BCUT2D eigenvalue weighted by molar-refractivity contribution is -0.644. The van der Waals surface area contributed by atoms with Gasteiger partial charge >= 0.3 is 0 Å². The fraction of sp³-hybridized carbons (Fsp3) is 0.150. The van der Waals surface area contributed by atoms with Crippen LogP contribution in [0, 0.1) is 0 Å². The lowest BCUT2D eigenvalue weighted by Crippen LogP contribution is -3.00. The maximum Gasteiger partial charge on any atom is 0.212 e. The van der Waals surface area contributed by atoms with Crippen molar-refractivity contribution in [3.05, 3.63) is 71.9 Å². The molecule has 132 valence electrons. The maximum atomic E-state index is 7.62. The Kier molecular flexibility index (Phi) is 8.64. The first kappa shape index (κ1) is 20.6. The van der Waals surface area contributed by atoms with Gasteiger partial charge in [0, 0.05) is 17.8 Å². The molecule has 0 unspecified atom stereocenters. The summed E-state index contributed by atoms with van der Waals surface area (Å²) in [7, 11) is 2.07. The van der Waals surface area contributed by atoms with Crippen LogP contribution in [0.3, 0.4) is 0 Å². The summed E-state index contributed by atoms with van der Waals surface area (Å²) in [5.41, 5.74) is 10.1. The van der Waals surface area contributed by atoms with E-state index in [4.69, 9.17) is 15.9 Å². The third-order valence-electron chi connectivity index (χ3n) is 3.56. The lowest BCUT2D eigenvalue weighted by Gasteiger charge is -2.01. The van der Waals surface area contributed by atoms with E-state index in [1.165, 1.54) is 16.5 Å². The number of nitrogens with two attached hydrogens (primary N) is 1. The summed E-state index contributed by atoms with van der Waals surface area (Å²) >= 11 is 0. The van der Waals surface area contributed by atoms with E-state index in [9.17, 15) is 0 Å². The molecule has 0 atom stereocenters. The second-order valence-corrected chi connectivity index (χ2v) is 5.35. The standard InChI is InChI=1S/C18H16N2.C2H6O2.ClH/c1-20-13-12-15(17-4-2-3-5-18(17)20)9-6-14-7-10-16(19)11-8-14;3-1-2-4;/h2-13,19H,1H3;3-4H,1-2H2;1H. The fourth-order valence-corrected chi connectivity index (χ4v) is 2.33. The van der Waals surface area contributed by atoms with Gasteiger partial charge in [-0.25, -0.2) is 4.57 Å². The van der Waals surface area contributed by atoms with E-state index in [1.54, 1.807) is 0 Å². The Hall–Kier alpha value is -2.40. The molecule has 0 saturated heterocycles. The molecule has 1 aromatic heterocycles. The van der Waals surface area contributed by atoms with Gasteiger partial charge in [-0.1, -0.05) is 36.4 Å². The number of aryl methyl sites for hydroxylation is 1. The van der Waals surface area contributed by atoms with Crippen LogP contribution >= 0.6 is 0 Å². The van der Waals surface area contributed by atoms with Gasteiger partial charge in [-0.05, 0) is 29.3 Å². The number of para-hydroxylation sites is 1. The molecule has 4 nitrogen and oxygen atoms in total. The molecule has 0 aliphatic carbocycles. The van der Waals surface area contributed by atoms with Crippen LogP contribution < -0.4 is 22.7 Å². The van der Waals surface area contributed by atoms with E-state index < -0.39 is 0 Å². The smallest absolute Gasteiger partial charge is 0.212 e. The molecule has 0 saturated carbocycles. The summed E-state index contributed by atoms with van der Waals surface area (Å²) in [5.74, 6) is 0. The second kappa shape index (κ2) is 10.5. The SMILES string of the molecule is C[n+]1ccc(C=Cc2ccc(N)cc2)c2ccccc21.OCCO.[Cl-]. The van der Waals surface area contributed by atoms with Crippen molar-refractivity contribution in [1.82, 2.24) is 0 Å². The van der Waals surface area contributed by atoms with Crippen molar-refractivity contribution >= 4 is 28.7 Å². The zero-order chi connectivity index (χ0) is 17.4. The van der Waals surface area contributed by atoms with E-state index in [1.807, 2.05) is 24.3 Å². The summed E-state index contributed by atoms with van der Waals surface area (Å²) in [6.45, 7) is -0.250. The minimum atomic E-state index is -0.125. The highest BCUT2D eigenvalue weighted by Gasteiger charge is 2.06. The van der Waals surface area contributed by atoms with Gasteiger partial charge in [0.1, 0.15) is 7.05 Å². The van der Waals surface area contributed by atoms with Crippen LogP contribution in [0.15, 0.2) is 60.8 Å². The van der Waals surface area contributed by atoms with Gasteiger partial charge in [0.05, 0.1) is 18.6 Å². The normalized spacial score (nSPS) is 10.2. The number of benzene rings is 2. The van der Waals surface area contributed by atoms with Crippen molar-refractivity contribution in [1.29, 1.82) is 0 Å². The van der Waals surface area contributed by atoms with Gasteiger partial charge in [-0.3, -0.25) is 0 Å². The van der Waals surface area contributed by atoms with Crippen LogP contribution in [0.2, 0.25) is 0 Å².